The van der Waals surface area contributed by atoms with Crippen LogP contribution < -0.4 is 9.64 Å². The van der Waals surface area contributed by atoms with E-state index in [1.54, 1.807) is 6.07 Å². The molecule has 0 heterocycles. The number of aliphatic hydroxyl groups is 1. The smallest absolute Gasteiger partial charge is 0.308 e. The Morgan fingerprint density at radius 2 is 2.06 bits per heavy atom. The number of hydrogen-bond donors (Lipinski definition) is 1. The van der Waals surface area contributed by atoms with Crippen LogP contribution in [0.15, 0.2) is 12.1 Å². The molecular weight excluding hydrogens is 206 g/mol. The molecule has 4 heteroatoms. The SMILES string of the molecule is CC(=O)Oc1cc(N(C)C)c(C)cc1CO. The number of esters is 1. The number of ether oxygens (including phenoxy) is 1. The average Bonchev–Trinajstić information content (AvgIpc) is 2.18. The van der Waals surface area contributed by atoms with Gasteiger partial charge in [-0.3, -0.25) is 4.79 Å². The van der Waals surface area contributed by atoms with Crippen molar-refractivity contribution in [1.82, 2.24) is 0 Å². The van der Waals surface area contributed by atoms with Gasteiger partial charge in [0.05, 0.1) is 6.61 Å². The highest BCUT2D eigenvalue weighted by Gasteiger charge is 2.10. The van der Waals surface area contributed by atoms with E-state index in [0.717, 1.165) is 11.3 Å². The summed E-state index contributed by atoms with van der Waals surface area (Å²) in [5.74, 6) is 0.0348. The van der Waals surface area contributed by atoms with E-state index >= 15 is 0 Å². The number of nitrogens with zero attached hydrogens (tertiary/aromatic N) is 1. The largest absolute Gasteiger partial charge is 0.426 e. The van der Waals surface area contributed by atoms with Crippen molar-refractivity contribution in [3.05, 3.63) is 23.3 Å². The number of aryl methyl sites for hydroxylation is 1. The first-order chi connectivity index (χ1) is 7.45. The van der Waals surface area contributed by atoms with Gasteiger partial charge in [0.15, 0.2) is 0 Å². The molecule has 1 aromatic rings. The minimum Gasteiger partial charge on any atom is -0.426 e. The molecule has 0 aromatic heterocycles. The summed E-state index contributed by atoms with van der Waals surface area (Å²) < 4.78 is 5.06. The second kappa shape index (κ2) is 4.99. The van der Waals surface area contributed by atoms with Crippen LogP contribution >= 0.6 is 0 Å². The molecule has 1 rings (SSSR count). The van der Waals surface area contributed by atoms with Gasteiger partial charge in [-0.2, -0.15) is 0 Å². The predicted octanol–water partition coefficient (Wildman–Crippen LogP) is 1.48. The lowest BCUT2D eigenvalue weighted by Crippen LogP contribution is -2.12. The molecule has 16 heavy (non-hydrogen) atoms. The number of rotatable bonds is 3. The molecule has 1 N–H and O–H groups in total. The normalized spacial score (nSPS) is 10.1. The van der Waals surface area contributed by atoms with E-state index in [1.807, 2.05) is 32.0 Å². The minimum atomic E-state index is -0.386. The Kier molecular flexibility index (Phi) is 3.90. The van der Waals surface area contributed by atoms with Gasteiger partial charge in [0.2, 0.25) is 0 Å². The lowest BCUT2D eigenvalue weighted by molar-refractivity contribution is -0.131. The van der Waals surface area contributed by atoms with Crippen LogP contribution in [0.2, 0.25) is 0 Å². The van der Waals surface area contributed by atoms with Crippen LogP contribution in [0.5, 0.6) is 5.75 Å². The Bertz CT molecular complexity index is 399. The first-order valence-electron chi connectivity index (χ1n) is 5.05. The van der Waals surface area contributed by atoms with Gasteiger partial charge in [-0.25, -0.2) is 0 Å². The minimum absolute atomic E-state index is 0.142. The van der Waals surface area contributed by atoms with E-state index in [4.69, 9.17) is 4.74 Å². The summed E-state index contributed by atoms with van der Waals surface area (Å²) in [6, 6.07) is 3.59. The monoisotopic (exact) mass is 223 g/mol. The zero-order valence-electron chi connectivity index (χ0n) is 10.1. The van der Waals surface area contributed by atoms with Gasteiger partial charge >= 0.3 is 5.97 Å². The zero-order valence-corrected chi connectivity index (χ0v) is 10.1. The van der Waals surface area contributed by atoms with Crippen LogP contribution in [0, 0.1) is 6.92 Å². The molecule has 0 saturated carbocycles. The molecule has 0 amide bonds. The van der Waals surface area contributed by atoms with Gasteiger partial charge in [-0.15, -0.1) is 0 Å². The molecule has 0 spiro atoms. The summed E-state index contributed by atoms with van der Waals surface area (Å²) in [4.78, 5) is 12.9. The van der Waals surface area contributed by atoms with Crippen molar-refractivity contribution >= 4 is 11.7 Å². The number of benzene rings is 1. The summed E-state index contributed by atoms with van der Waals surface area (Å²) >= 11 is 0. The fraction of sp³-hybridized carbons (Fsp3) is 0.417. The van der Waals surface area contributed by atoms with Gasteiger partial charge in [0.25, 0.3) is 0 Å². The highest BCUT2D eigenvalue weighted by Crippen LogP contribution is 2.28. The molecule has 0 bridgehead atoms. The third-order valence-corrected chi connectivity index (χ3v) is 2.28. The van der Waals surface area contributed by atoms with Gasteiger partial charge in [-0.1, -0.05) is 0 Å². The van der Waals surface area contributed by atoms with Gasteiger partial charge in [0, 0.05) is 38.3 Å². The molecule has 0 aliphatic heterocycles. The van der Waals surface area contributed by atoms with Crippen molar-refractivity contribution in [3.8, 4) is 5.75 Å². The van der Waals surface area contributed by atoms with Gasteiger partial charge in [0.1, 0.15) is 5.75 Å². The molecule has 0 saturated heterocycles. The van der Waals surface area contributed by atoms with Crippen molar-refractivity contribution in [2.24, 2.45) is 0 Å². The summed E-state index contributed by atoms with van der Waals surface area (Å²) in [6.45, 7) is 3.15. The fourth-order valence-corrected chi connectivity index (χ4v) is 1.59. The second-order valence-corrected chi connectivity index (χ2v) is 3.89. The van der Waals surface area contributed by atoms with Crippen LogP contribution in [-0.2, 0) is 11.4 Å². The Morgan fingerprint density at radius 3 is 2.50 bits per heavy atom. The molecular formula is C12H17NO3. The lowest BCUT2D eigenvalue weighted by atomic mass is 10.1. The van der Waals surface area contributed by atoms with E-state index < -0.39 is 0 Å². The van der Waals surface area contributed by atoms with Crippen molar-refractivity contribution in [1.29, 1.82) is 0 Å². The third-order valence-electron chi connectivity index (χ3n) is 2.28. The number of carbonyl (C=O) groups excluding carboxylic acids is 1. The van der Waals surface area contributed by atoms with Crippen molar-refractivity contribution in [2.75, 3.05) is 19.0 Å². The maximum atomic E-state index is 10.9. The first-order valence-corrected chi connectivity index (χ1v) is 5.05. The highest BCUT2D eigenvalue weighted by atomic mass is 16.5. The number of aliphatic hydroxyl groups excluding tert-OH is 1. The van der Waals surface area contributed by atoms with E-state index in [0.29, 0.717) is 11.3 Å². The van der Waals surface area contributed by atoms with Crippen molar-refractivity contribution < 1.29 is 14.6 Å². The maximum Gasteiger partial charge on any atom is 0.308 e. The molecule has 0 fully saturated rings. The summed E-state index contributed by atoms with van der Waals surface area (Å²) in [5.41, 5.74) is 2.62. The molecule has 0 atom stereocenters. The molecule has 88 valence electrons. The van der Waals surface area contributed by atoms with Crippen LogP contribution in [0.25, 0.3) is 0 Å². The Hall–Kier alpha value is -1.55. The molecule has 0 unspecified atom stereocenters. The third kappa shape index (κ3) is 2.73. The quantitative estimate of drug-likeness (QED) is 0.623. The standard InChI is InChI=1S/C12H17NO3/c1-8-5-10(7-14)12(16-9(2)15)6-11(8)13(3)4/h5-6,14H,7H2,1-4H3. The molecule has 0 aliphatic carbocycles. The van der Waals surface area contributed by atoms with E-state index in [-0.39, 0.29) is 12.6 Å². The second-order valence-electron chi connectivity index (χ2n) is 3.89. The summed E-state index contributed by atoms with van der Waals surface area (Å²) in [6.07, 6.45) is 0. The van der Waals surface area contributed by atoms with E-state index in [1.165, 1.54) is 6.92 Å². The number of carbonyl (C=O) groups is 1. The summed E-state index contributed by atoms with van der Waals surface area (Å²) in [7, 11) is 3.83. The fourth-order valence-electron chi connectivity index (χ4n) is 1.59. The molecule has 1 aromatic carbocycles. The zero-order chi connectivity index (χ0) is 12.3. The Labute approximate surface area is 95.5 Å². The van der Waals surface area contributed by atoms with Crippen molar-refractivity contribution in [3.63, 3.8) is 0 Å². The first kappa shape index (κ1) is 12.5. The maximum absolute atomic E-state index is 10.9. The summed E-state index contributed by atoms with van der Waals surface area (Å²) in [5, 5.41) is 9.18. The number of hydrogen-bond acceptors (Lipinski definition) is 4. The molecule has 0 radical (unpaired) electrons. The topological polar surface area (TPSA) is 49.8 Å². The van der Waals surface area contributed by atoms with Gasteiger partial charge < -0.3 is 14.7 Å². The van der Waals surface area contributed by atoms with E-state index in [2.05, 4.69) is 0 Å². The van der Waals surface area contributed by atoms with Crippen LogP contribution in [0.4, 0.5) is 5.69 Å². The van der Waals surface area contributed by atoms with Gasteiger partial charge in [-0.05, 0) is 18.6 Å². The molecule has 0 aliphatic rings. The van der Waals surface area contributed by atoms with E-state index in [9.17, 15) is 9.90 Å². The molecule has 4 nitrogen and oxygen atoms in total. The average molecular weight is 223 g/mol. The lowest BCUT2D eigenvalue weighted by Gasteiger charge is -2.18. The Balaban J connectivity index is 3.22. The van der Waals surface area contributed by atoms with Crippen LogP contribution in [0.3, 0.4) is 0 Å². The van der Waals surface area contributed by atoms with Crippen molar-refractivity contribution in [2.45, 2.75) is 20.5 Å². The highest BCUT2D eigenvalue weighted by molar-refractivity contribution is 5.71. The van der Waals surface area contributed by atoms with Crippen LogP contribution in [-0.4, -0.2) is 25.2 Å². The predicted molar refractivity (Wildman–Crippen MR) is 62.7 cm³/mol. The Morgan fingerprint density at radius 1 is 1.44 bits per heavy atom. The van der Waals surface area contributed by atoms with Crippen LogP contribution in [0.1, 0.15) is 18.1 Å². The number of anilines is 1.